The number of hydrogen-bond acceptors (Lipinski definition) is 6. The molecule has 4 heterocycles. The molecule has 3 aliphatic rings. The summed E-state index contributed by atoms with van der Waals surface area (Å²) in [7, 11) is 0. The molecule has 6 nitrogen and oxygen atoms in total. The topological polar surface area (TPSA) is 61.1 Å². The van der Waals surface area contributed by atoms with E-state index in [4.69, 9.17) is 16.0 Å². The Morgan fingerprint density at radius 2 is 2.39 bits per heavy atom. The summed E-state index contributed by atoms with van der Waals surface area (Å²) in [5.74, 6) is 0.596. The van der Waals surface area contributed by atoms with Crippen LogP contribution in [0.3, 0.4) is 0 Å². The molecule has 0 spiro atoms. The van der Waals surface area contributed by atoms with Gasteiger partial charge in [0, 0.05) is 18.8 Å². The summed E-state index contributed by atoms with van der Waals surface area (Å²) in [6.45, 7) is 0.565. The number of nitrogens with one attached hydrogen (secondary N) is 1. The molecule has 23 heavy (non-hydrogen) atoms. The number of nitrogens with zero attached hydrogens (tertiary/aromatic N) is 3. The van der Waals surface area contributed by atoms with E-state index in [0.29, 0.717) is 30.4 Å². The molecule has 0 saturated carbocycles. The normalized spacial score (nSPS) is 19.3. The van der Waals surface area contributed by atoms with Gasteiger partial charge in [-0.05, 0) is 41.5 Å². The molecule has 0 saturated heterocycles. The summed E-state index contributed by atoms with van der Waals surface area (Å²) >= 11 is 7.27. The lowest BCUT2D eigenvalue weighted by molar-refractivity contribution is -0.129. The van der Waals surface area contributed by atoms with Gasteiger partial charge in [-0.1, -0.05) is 0 Å². The molecule has 8 heteroatoms. The Kier molecular flexibility index (Phi) is 3.66. The van der Waals surface area contributed by atoms with Crippen molar-refractivity contribution < 1.29 is 9.21 Å². The first-order valence-electron chi connectivity index (χ1n) is 7.13. The third-order valence-corrected chi connectivity index (χ3v) is 4.63. The van der Waals surface area contributed by atoms with Crippen LogP contribution in [0.25, 0.3) is 0 Å². The van der Waals surface area contributed by atoms with E-state index < -0.39 is 0 Å². The molecule has 1 N–H and O–H groups in total. The van der Waals surface area contributed by atoms with Gasteiger partial charge >= 0.3 is 0 Å². The maximum absolute atomic E-state index is 12.4. The fourth-order valence-corrected chi connectivity index (χ4v) is 3.30. The van der Waals surface area contributed by atoms with E-state index >= 15 is 0 Å². The third kappa shape index (κ3) is 2.89. The van der Waals surface area contributed by atoms with Gasteiger partial charge in [-0.15, -0.1) is 0 Å². The van der Waals surface area contributed by atoms with Crippen molar-refractivity contribution in [3.63, 3.8) is 0 Å². The predicted molar refractivity (Wildman–Crippen MR) is 89.1 cm³/mol. The van der Waals surface area contributed by atoms with Crippen LogP contribution in [0.2, 0.25) is 5.22 Å². The van der Waals surface area contributed by atoms with Crippen LogP contribution in [0.15, 0.2) is 57.5 Å². The van der Waals surface area contributed by atoms with Gasteiger partial charge in [0.25, 0.3) is 0 Å². The number of allylic oxidation sites excluding steroid dienone is 2. The maximum Gasteiger partial charge on any atom is 0.247 e. The van der Waals surface area contributed by atoms with Crippen molar-refractivity contribution in [3.05, 3.63) is 58.9 Å². The smallest absolute Gasteiger partial charge is 0.247 e. The van der Waals surface area contributed by atoms with Crippen molar-refractivity contribution in [2.24, 2.45) is 5.10 Å². The zero-order valence-corrected chi connectivity index (χ0v) is 13.6. The Bertz CT molecular complexity index is 780. The van der Waals surface area contributed by atoms with Crippen LogP contribution >= 0.6 is 23.7 Å². The Morgan fingerprint density at radius 3 is 3.22 bits per heavy atom. The van der Waals surface area contributed by atoms with Crippen LogP contribution in [-0.2, 0) is 4.79 Å². The molecule has 0 radical (unpaired) electrons. The zero-order chi connectivity index (χ0) is 15.8. The van der Waals surface area contributed by atoms with E-state index in [1.165, 1.54) is 17.1 Å². The number of amides is 1. The molecule has 0 aliphatic carbocycles. The van der Waals surface area contributed by atoms with Crippen molar-refractivity contribution in [3.8, 4) is 0 Å². The highest BCUT2D eigenvalue weighted by molar-refractivity contribution is 7.95. The molecular weight excluding hydrogens is 336 g/mol. The Morgan fingerprint density at radius 1 is 1.48 bits per heavy atom. The Hall–Kier alpha value is -2.12. The second-order valence-corrected chi connectivity index (χ2v) is 6.42. The van der Waals surface area contributed by atoms with E-state index in [9.17, 15) is 4.79 Å². The summed E-state index contributed by atoms with van der Waals surface area (Å²) in [4.78, 5) is 12.4. The maximum atomic E-state index is 12.4. The molecule has 4 rings (SSSR count). The average molecular weight is 349 g/mol. The fourth-order valence-electron chi connectivity index (χ4n) is 2.54. The third-order valence-electron chi connectivity index (χ3n) is 3.67. The monoisotopic (exact) mass is 348 g/mol. The molecule has 1 amide bonds. The number of halogens is 1. The van der Waals surface area contributed by atoms with Gasteiger partial charge in [0.05, 0.1) is 30.8 Å². The molecule has 118 valence electrons. The summed E-state index contributed by atoms with van der Waals surface area (Å²) in [6, 6.07) is 3.45. The fraction of sp³-hybridized carbons (Fsp3) is 0.200. The number of carbonyl (C=O) groups is 1. The highest BCUT2D eigenvalue weighted by atomic mass is 35.5. The second-order valence-electron chi connectivity index (χ2n) is 5.23. The van der Waals surface area contributed by atoms with Crippen LogP contribution < -0.4 is 4.72 Å². The molecule has 1 aromatic heterocycles. The van der Waals surface area contributed by atoms with Gasteiger partial charge in [0.15, 0.2) is 11.0 Å². The predicted octanol–water partition coefficient (Wildman–Crippen LogP) is 3.02. The molecule has 0 atom stereocenters. The van der Waals surface area contributed by atoms with E-state index in [1.807, 2.05) is 28.9 Å². The van der Waals surface area contributed by atoms with E-state index in [-0.39, 0.29) is 5.91 Å². The van der Waals surface area contributed by atoms with Crippen LogP contribution in [0, 0.1) is 0 Å². The summed E-state index contributed by atoms with van der Waals surface area (Å²) in [6.07, 6.45) is 8.79. The molecule has 0 aromatic carbocycles. The Labute approximate surface area is 142 Å². The number of hydrazone groups is 1. The second kappa shape index (κ2) is 5.82. The van der Waals surface area contributed by atoms with Crippen molar-refractivity contribution >= 4 is 35.4 Å². The van der Waals surface area contributed by atoms with Crippen molar-refractivity contribution in [1.29, 1.82) is 0 Å². The van der Waals surface area contributed by atoms with E-state index in [1.54, 1.807) is 12.1 Å². The van der Waals surface area contributed by atoms with Crippen LogP contribution in [0.1, 0.15) is 18.6 Å². The quantitative estimate of drug-likeness (QED) is 0.851. The molecule has 0 unspecified atom stereocenters. The van der Waals surface area contributed by atoms with Crippen molar-refractivity contribution in [2.75, 3.05) is 6.54 Å². The number of fused-ring (bicyclic) bond motifs is 1. The molecular formula is C15H13ClN4O2S. The lowest BCUT2D eigenvalue weighted by Crippen LogP contribution is -2.23. The summed E-state index contributed by atoms with van der Waals surface area (Å²) in [5.41, 5.74) is 2.76. The van der Waals surface area contributed by atoms with Crippen LogP contribution in [0.4, 0.5) is 0 Å². The molecule has 0 bridgehead atoms. The molecule has 1 aromatic rings. The van der Waals surface area contributed by atoms with Crippen molar-refractivity contribution in [1.82, 2.24) is 14.0 Å². The number of rotatable bonds is 3. The lowest BCUT2D eigenvalue weighted by atomic mass is 10.1. The van der Waals surface area contributed by atoms with Gasteiger partial charge in [0.1, 0.15) is 5.71 Å². The zero-order valence-electron chi connectivity index (χ0n) is 12.0. The highest BCUT2D eigenvalue weighted by Gasteiger charge is 2.24. The van der Waals surface area contributed by atoms with E-state index in [0.717, 1.165) is 17.0 Å². The summed E-state index contributed by atoms with van der Waals surface area (Å²) < 4.78 is 10.4. The van der Waals surface area contributed by atoms with Crippen molar-refractivity contribution in [2.45, 2.75) is 12.8 Å². The van der Waals surface area contributed by atoms with Crippen LogP contribution in [0.5, 0.6) is 0 Å². The first-order valence-corrected chi connectivity index (χ1v) is 8.28. The Balaban J connectivity index is 1.44. The minimum Gasteiger partial charge on any atom is -0.443 e. The van der Waals surface area contributed by atoms with Crippen LogP contribution in [-0.4, -0.2) is 27.5 Å². The SMILES string of the molecule is O=C(CC1=CC2=CNSN2C=C1)N1CCC(c2ccc(Cl)o2)=N1. The molecule has 3 aliphatic heterocycles. The standard InChI is InChI=1S/C15H13ClN4O2S/c16-14-2-1-13(22-14)12-4-5-19(18-12)15(21)8-10-3-6-20-11(7-10)9-17-23-20/h1-3,6-7,9,17H,4-5,8H2. The minimum atomic E-state index is -0.0267. The van der Waals surface area contributed by atoms with Gasteiger partial charge in [-0.2, -0.15) is 5.10 Å². The summed E-state index contributed by atoms with van der Waals surface area (Å²) in [5, 5.41) is 6.19. The first kappa shape index (κ1) is 14.5. The minimum absolute atomic E-state index is 0.0267. The first-order chi connectivity index (χ1) is 11.2. The van der Waals surface area contributed by atoms with Gasteiger partial charge in [0.2, 0.25) is 5.91 Å². The van der Waals surface area contributed by atoms with Gasteiger partial charge in [-0.25, -0.2) is 5.01 Å². The number of carbonyl (C=O) groups excluding carboxylic acids is 1. The average Bonchev–Trinajstić information content (AvgIpc) is 3.26. The van der Waals surface area contributed by atoms with Gasteiger partial charge in [-0.3, -0.25) is 9.10 Å². The molecule has 0 fully saturated rings. The highest BCUT2D eigenvalue weighted by Crippen LogP contribution is 2.29. The number of hydrogen-bond donors (Lipinski definition) is 1. The van der Waals surface area contributed by atoms with E-state index in [2.05, 4.69) is 9.82 Å². The largest absolute Gasteiger partial charge is 0.443 e. The van der Waals surface area contributed by atoms with Gasteiger partial charge < -0.3 is 9.14 Å². The lowest BCUT2D eigenvalue weighted by Gasteiger charge is -2.18. The number of furan rings is 1.